The van der Waals surface area contributed by atoms with Crippen LogP contribution in [-0.2, 0) is 11.3 Å². The first-order valence-electron chi connectivity index (χ1n) is 5.89. The van der Waals surface area contributed by atoms with Crippen molar-refractivity contribution >= 4 is 5.91 Å². The summed E-state index contributed by atoms with van der Waals surface area (Å²) in [5.74, 6) is 0.576. The lowest BCUT2D eigenvalue weighted by atomic mass is 10.2. The molecule has 1 aliphatic rings. The van der Waals surface area contributed by atoms with E-state index in [0.29, 0.717) is 12.5 Å². The molecule has 1 fully saturated rings. The van der Waals surface area contributed by atoms with Crippen molar-refractivity contribution in [3.8, 4) is 0 Å². The predicted molar refractivity (Wildman–Crippen MR) is 62.6 cm³/mol. The molecule has 3 nitrogen and oxygen atoms in total. The quantitative estimate of drug-likeness (QED) is 0.776. The van der Waals surface area contributed by atoms with Crippen LogP contribution in [0.1, 0.15) is 32.4 Å². The van der Waals surface area contributed by atoms with E-state index in [1.165, 1.54) is 0 Å². The van der Waals surface area contributed by atoms with Crippen molar-refractivity contribution in [3.05, 3.63) is 30.1 Å². The zero-order valence-corrected chi connectivity index (χ0v) is 9.89. The third kappa shape index (κ3) is 2.60. The number of aromatic nitrogens is 1. The van der Waals surface area contributed by atoms with Crippen LogP contribution in [0.5, 0.6) is 0 Å². The van der Waals surface area contributed by atoms with Crippen molar-refractivity contribution in [2.75, 3.05) is 0 Å². The van der Waals surface area contributed by atoms with Crippen LogP contribution in [0, 0.1) is 5.92 Å². The number of pyridine rings is 1. The second-order valence-corrected chi connectivity index (χ2v) is 4.66. The van der Waals surface area contributed by atoms with Gasteiger partial charge in [0, 0.05) is 18.2 Å². The Bertz CT molecular complexity index is 357. The summed E-state index contributed by atoms with van der Waals surface area (Å²) < 4.78 is 0. The van der Waals surface area contributed by atoms with Gasteiger partial charge in [-0.1, -0.05) is 6.07 Å². The lowest BCUT2D eigenvalue weighted by molar-refractivity contribution is -0.135. The molecule has 1 heterocycles. The first-order chi connectivity index (χ1) is 7.68. The average molecular weight is 218 g/mol. The van der Waals surface area contributed by atoms with Crippen LogP contribution in [0.2, 0.25) is 0 Å². The molecule has 1 saturated carbocycles. The van der Waals surface area contributed by atoms with E-state index in [0.717, 1.165) is 18.5 Å². The third-order valence-electron chi connectivity index (χ3n) is 2.89. The molecule has 1 aliphatic carbocycles. The Morgan fingerprint density at radius 3 is 2.75 bits per heavy atom. The molecular formula is C13H18N2O. The average Bonchev–Trinajstić information content (AvgIpc) is 3.10. The normalized spacial score (nSPS) is 15.2. The molecule has 16 heavy (non-hydrogen) atoms. The Morgan fingerprint density at radius 1 is 1.50 bits per heavy atom. The fourth-order valence-corrected chi connectivity index (χ4v) is 1.75. The largest absolute Gasteiger partial charge is 0.334 e. The lowest BCUT2D eigenvalue weighted by Gasteiger charge is -2.26. The van der Waals surface area contributed by atoms with Crippen molar-refractivity contribution < 1.29 is 4.79 Å². The minimum atomic E-state index is 0.245. The fraction of sp³-hybridized carbons (Fsp3) is 0.538. The number of rotatable bonds is 4. The van der Waals surface area contributed by atoms with Gasteiger partial charge in [-0.15, -0.1) is 0 Å². The molecule has 1 amide bonds. The van der Waals surface area contributed by atoms with Crippen LogP contribution in [0.4, 0.5) is 0 Å². The van der Waals surface area contributed by atoms with Gasteiger partial charge in [-0.2, -0.15) is 0 Å². The van der Waals surface area contributed by atoms with Gasteiger partial charge in [0.1, 0.15) is 0 Å². The summed E-state index contributed by atoms with van der Waals surface area (Å²) in [5.41, 5.74) is 0.963. The Balaban J connectivity index is 2.05. The molecule has 0 radical (unpaired) electrons. The van der Waals surface area contributed by atoms with E-state index >= 15 is 0 Å². The maximum atomic E-state index is 12.0. The lowest BCUT2D eigenvalue weighted by Crippen LogP contribution is -2.37. The third-order valence-corrected chi connectivity index (χ3v) is 2.89. The second kappa shape index (κ2) is 4.64. The molecule has 0 spiro atoms. The smallest absolute Gasteiger partial charge is 0.226 e. The predicted octanol–water partition coefficient (Wildman–Crippen LogP) is 2.23. The highest BCUT2D eigenvalue weighted by molar-refractivity contribution is 5.81. The Kier molecular flexibility index (Phi) is 3.22. The SMILES string of the molecule is CC(C)N(Cc1ccccn1)C(=O)C1CC1. The maximum absolute atomic E-state index is 12.0. The van der Waals surface area contributed by atoms with Crippen molar-refractivity contribution in [1.29, 1.82) is 0 Å². The summed E-state index contributed by atoms with van der Waals surface area (Å²) in [7, 11) is 0. The van der Waals surface area contributed by atoms with E-state index in [9.17, 15) is 4.79 Å². The molecule has 0 unspecified atom stereocenters. The molecule has 3 heteroatoms. The van der Waals surface area contributed by atoms with Gasteiger partial charge < -0.3 is 4.90 Å². The molecule has 0 N–H and O–H groups in total. The molecule has 1 aromatic heterocycles. The van der Waals surface area contributed by atoms with E-state index in [2.05, 4.69) is 18.8 Å². The van der Waals surface area contributed by atoms with Crippen LogP contribution in [0.3, 0.4) is 0 Å². The van der Waals surface area contributed by atoms with Crippen molar-refractivity contribution in [3.63, 3.8) is 0 Å². The minimum Gasteiger partial charge on any atom is -0.334 e. The second-order valence-electron chi connectivity index (χ2n) is 4.66. The molecule has 86 valence electrons. The number of hydrogen-bond donors (Lipinski definition) is 0. The van der Waals surface area contributed by atoms with Gasteiger partial charge in [-0.05, 0) is 38.8 Å². The number of hydrogen-bond acceptors (Lipinski definition) is 2. The summed E-state index contributed by atoms with van der Waals surface area (Å²) in [6.45, 7) is 4.75. The van der Waals surface area contributed by atoms with Crippen LogP contribution < -0.4 is 0 Å². The fourth-order valence-electron chi connectivity index (χ4n) is 1.75. The van der Waals surface area contributed by atoms with Gasteiger partial charge in [0.25, 0.3) is 0 Å². The van der Waals surface area contributed by atoms with Gasteiger partial charge in [0.2, 0.25) is 5.91 Å². The monoisotopic (exact) mass is 218 g/mol. The van der Waals surface area contributed by atoms with E-state index in [1.54, 1.807) is 6.20 Å². The highest BCUT2D eigenvalue weighted by Gasteiger charge is 2.34. The van der Waals surface area contributed by atoms with Crippen LogP contribution in [0.25, 0.3) is 0 Å². The summed E-state index contributed by atoms with van der Waals surface area (Å²) in [6, 6.07) is 6.07. The van der Waals surface area contributed by atoms with Gasteiger partial charge in [-0.25, -0.2) is 0 Å². The van der Waals surface area contributed by atoms with E-state index in [4.69, 9.17) is 0 Å². The molecule has 0 aromatic carbocycles. The molecule has 0 atom stereocenters. The van der Waals surface area contributed by atoms with Gasteiger partial charge >= 0.3 is 0 Å². The molecule has 2 rings (SSSR count). The Labute approximate surface area is 96.5 Å². The van der Waals surface area contributed by atoms with E-state index in [1.807, 2.05) is 23.1 Å². The maximum Gasteiger partial charge on any atom is 0.226 e. The van der Waals surface area contributed by atoms with E-state index < -0.39 is 0 Å². The van der Waals surface area contributed by atoms with Gasteiger partial charge in [0.05, 0.1) is 12.2 Å². The molecule has 0 bridgehead atoms. The van der Waals surface area contributed by atoms with Crippen LogP contribution in [-0.4, -0.2) is 21.8 Å². The zero-order chi connectivity index (χ0) is 11.5. The summed E-state index contributed by atoms with van der Waals surface area (Å²) >= 11 is 0. The van der Waals surface area contributed by atoms with Gasteiger partial charge in [0.15, 0.2) is 0 Å². The molecule has 0 aliphatic heterocycles. The van der Waals surface area contributed by atoms with E-state index in [-0.39, 0.29) is 12.0 Å². The van der Waals surface area contributed by atoms with Crippen molar-refractivity contribution in [2.45, 2.75) is 39.3 Å². The first kappa shape index (κ1) is 11.1. The van der Waals surface area contributed by atoms with Crippen LogP contribution >= 0.6 is 0 Å². The van der Waals surface area contributed by atoms with Crippen molar-refractivity contribution in [1.82, 2.24) is 9.88 Å². The number of amides is 1. The Morgan fingerprint density at radius 2 is 2.25 bits per heavy atom. The summed E-state index contributed by atoms with van der Waals surface area (Å²) in [5, 5.41) is 0. The highest BCUT2D eigenvalue weighted by atomic mass is 16.2. The van der Waals surface area contributed by atoms with Crippen molar-refractivity contribution in [2.24, 2.45) is 5.92 Å². The standard InChI is InChI=1S/C13H18N2O/c1-10(2)15(13(16)11-6-7-11)9-12-5-3-4-8-14-12/h3-5,8,10-11H,6-7,9H2,1-2H3. The number of carbonyl (C=O) groups is 1. The number of carbonyl (C=O) groups excluding carboxylic acids is 1. The highest BCUT2D eigenvalue weighted by Crippen LogP contribution is 2.32. The van der Waals surface area contributed by atoms with Crippen LogP contribution in [0.15, 0.2) is 24.4 Å². The topological polar surface area (TPSA) is 33.2 Å². The number of nitrogens with zero attached hydrogens (tertiary/aromatic N) is 2. The minimum absolute atomic E-state index is 0.245. The summed E-state index contributed by atoms with van der Waals surface area (Å²) in [6.07, 6.45) is 3.89. The first-order valence-corrected chi connectivity index (χ1v) is 5.89. The Hall–Kier alpha value is -1.38. The molecule has 1 aromatic rings. The molecule has 0 saturated heterocycles. The molecular weight excluding hydrogens is 200 g/mol. The zero-order valence-electron chi connectivity index (χ0n) is 9.89. The summed E-state index contributed by atoms with van der Waals surface area (Å²) in [4.78, 5) is 18.2. The van der Waals surface area contributed by atoms with Gasteiger partial charge in [-0.3, -0.25) is 9.78 Å².